The second-order valence-corrected chi connectivity index (χ2v) is 7.64. The van der Waals surface area contributed by atoms with Gasteiger partial charge in [0.15, 0.2) is 6.10 Å². The monoisotopic (exact) mass is 405 g/mol. The first-order valence-corrected chi connectivity index (χ1v) is 9.54. The Labute approximate surface area is 167 Å². The van der Waals surface area contributed by atoms with Crippen LogP contribution >= 0.6 is 0 Å². The van der Waals surface area contributed by atoms with Crippen molar-refractivity contribution in [1.29, 1.82) is 0 Å². The van der Waals surface area contributed by atoms with Crippen LogP contribution in [0.5, 0.6) is 5.75 Å². The van der Waals surface area contributed by atoms with E-state index in [4.69, 9.17) is 4.74 Å². The van der Waals surface area contributed by atoms with Gasteiger partial charge in [-0.15, -0.1) is 0 Å². The lowest BCUT2D eigenvalue weighted by molar-refractivity contribution is -0.143. The molecule has 0 aromatic heterocycles. The summed E-state index contributed by atoms with van der Waals surface area (Å²) in [6.45, 7) is 3.34. The number of fused-ring (bicyclic) bond motifs is 1. The third-order valence-corrected chi connectivity index (χ3v) is 5.74. The molecule has 0 spiro atoms. The van der Waals surface area contributed by atoms with Crippen LogP contribution in [0.3, 0.4) is 0 Å². The highest BCUT2D eigenvalue weighted by molar-refractivity contribution is 6.07. The third-order valence-electron chi connectivity index (χ3n) is 5.74. The molecule has 0 radical (unpaired) electrons. The maximum atomic E-state index is 12.9. The molecule has 4 amide bonds. The smallest absolute Gasteiger partial charge is 0.279 e. The summed E-state index contributed by atoms with van der Waals surface area (Å²) in [7, 11) is 1.43. The van der Waals surface area contributed by atoms with Gasteiger partial charge in [0.2, 0.25) is 17.7 Å². The molecule has 1 saturated carbocycles. The molecule has 0 bridgehead atoms. The fraction of sp³-hybridized carbons (Fsp3) is 0.500. The lowest BCUT2D eigenvalue weighted by Gasteiger charge is -2.34. The minimum Gasteiger partial charge on any atom is -0.481 e. The Morgan fingerprint density at radius 2 is 1.79 bits per heavy atom. The first-order chi connectivity index (χ1) is 13.7. The summed E-state index contributed by atoms with van der Waals surface area (Å²) in [5, 5.41) is 0. The molecule has 2 N–H and O–H groups in total. The van der Waals surface area contributed by atoms with E-state index in [0.717, 1.165) is 4.90 Å². The topological polar surface area (TPSA) is 105 Å². The van der Waals surface area contributed by atoms with Gasteiger partial charge in [-0.3, -0.25) is 34.9 Å². The number of nitrogens with one attached hydrogen (secondary N) is 2. The molecule has 1 heterocycles. The van der Waals surface area contributed by atoms with Gasteiger partial charge in [-0.1, -0.05) is 6.92 Å². The molecule has 0 unspecified atom stereocenters. The number of ether oxygens (including phenoxy) is 1. The predicted octanol–water partition coefficient (Wildman–Crippen LogP) is 1.02. The van der Waals surface area contributed by atoms with Gasteiger partial charge >= 0.3 is 0 Å². The van der Waals surface area contributed by atoms with E-state index in [0.29, 0.717) is 18.6 Å². The minimum atomic E-state index is -0.946. The van der Waals surface area contributed by atoms with Crippen LogP contribution in [0.2, 0.25) is 0 Å². The Kier molecular flexibility index (Phi) is 5.86. The molecule has 2 aliphatic rings. The quantitative estimate of drug-likeness (QED) is 0.575. The van der Waals surface area contributed by atoms with Crippen molar-refractivity contribution in [3.8, 4) is 5.75 Å². The Morgan fingerprint density at radius 1 is 1.14 bits per heavy atom. The summed E-state index contributed by atoms with van der Waals surface area (Å²) in [4.78, 5) is 50.8. The van der Waals surface area contributed by atoms with Crippen molar-refractivity contribution in [2.75, 3.05) is 7.05 Å². The van der Waals surface area contributed by atoms with Crippen LogP contribution in [0.1, 0.15) is 26.7 Å². The summed E-state index contributed by atoms with van der Waals surface area (Å²) < 4.78 is 18.3. The zero-order valence-corrected chi connectivity index (χ0v) is 16.5. The SMILES string of the molecule is C[C@H](Oc1ccc(F)cc1)C(=O)NNC(=O)[C@H]1[C@H]2C(=O)N(C)C(=O)[C@@H]2CC[C@H]1C. The predicted molar refractivity (Wildman–Crippen MR) is 99.4 cm³/mol. The number of likely N-dealkylation sites (tertiary alicyclic amines) is 1. The van der Waals surface area contributed by atoms with Gasteiger partial charge in [-0.2, -0.15) is 0 Å². The first-order valence-electron chi connectivity index (χ1n) is 9.54. The number of halogens is 1. The zero-order valence-electron chi connectivity index (χ0n) is 16.5. The average Bonchev–Trinajstić information content (AvgIpc) is 2.91. The normalized spacial score (nSPS) is 27.2. The number of nitrogens with zero attached hydrogens (tertiary/aromatic N) is 1. The van der Waals surface area contributed by atoms with E-state index in [1.807, 2.05) is 6.92 Å². The van der Waals surface area contributed by atoms with E-state index in [9.17, 15) is 23.6 Å². The largest absolute Gasteiger partial charge is 0.481 e. The summed E-state index contributed by atoms with van der Waals surface area (Å²) in [6, 6.07) is 5.20. The van der Waals surface area contributed by atoms with E-state index < -0.39 is 41.5 Å². The summed E-state index contributed by atoms with van der Waals surface area (Å²) in [5.41, 5.74) is 4.66. The fourth-order valence-electron chi connectivity index (χ4n) is 4.09. The summed E-state index contributed by atoms with van der Waals surface area (Å²) in [6.07, 6.45) is 0.266. The molecular weight excluding hydrogens is 381 g/mol. The zero-order chi connectivity index (χ0) is 21.3. The van der Waals surface area contributed by atoms with Crippen LogP contribution in [-0.4, -0.2) is 41.7 Å². The first kappa shape index (κ1) is 20.8. The highest BCUT2D eigenvalue weighted by Crippen LogP contribution is 2.44. The number of carbonyl (C=O) groups is 4. The minimum absolute atomic E-state index is 0.107. The van der Waals surface area contributed by atoms with Crippen molar-refractivity contribution in [2.45, 2.75) is 32.8 Å². The van der Waals surface area contributed by atoms with E-state index in [1.54, 1.807) is 0 Å². The standard InChI is InChI=1S/C20H24FN3O5/c1-10-4-9-14-16(20(28)24(3)19(14)27)15(10)18(26)23-22-17(25)11(2)29-13-7-5-12(21)6-8-13/h5-8,10-11,14-16H,4,9H2,1-3H3,(H,22,25)(H,23,26)/t10-,11+,14-,15-,16+/m1/s1. The van der Waals surface area contributed by atoms with Gasteiger partial charge in [-0.05, 0) is 49.9 Å². The number of hydrogen-bond acceptors (Lipinski definition) is 5. The lowest BCUT2D eigenvalue weighted by atomic mass is 9.68. The number of amides is 4. The number of benzene rings is 1. The van der Waals surface area contributed by atoms with Crippen molar-refractivity contribution in [2.24, 2.45) is 23.7 Å². The summed E-state index contributed by atoms with van der Waals surface area (Å²) >= 11 is 0. The molecule has 2 fully saturated rings. The second kappa shape index (κ2) is 8.18. The van der Waals surface area contributed by atoms with Gasteiger partial charge in [0, 0.05) is 7.05 Å². The van der Waals surface area contributed by atoms with E-state index in [1.165, 1.54) is 38.2 Å². The van der Waals surface area contributed by atoms with Gasteiger partial charge in [0.25, 0.3) is 5.91 Å². The van der Waals surface area contributed by atoms with Crippen molar-refractivity contribution in [3.05, 3.63) is 30.1 Å². The molecule has 1 aromatic carbocycles. The lowest BCUT2D eigenvalue weighted by Crippen LogP contribution is -2.53. The molecular formula is C20H24FN3O5. The van der Waals surface area contributed by atoms with Crippen LogP contribution in [0.4, 0.5) is 4.39 Å². The van der Waals surface area contributed by atoms with Crippen molar-refractivity contribution < 1.29 is 28.3 Å². The van der Waals surface area contributed by atoms with Crippen molar-refractivity contribution in [1.82, 2.24) is 15.8 Å². The highest BCUT2D eigenvalue weighted by Gasteiger charge is 2.55. The molecule has 1 aliphatic heterocycles. The van der Waals surface area contributed by atoms with Crippen LogP contribution < -0.4 is 15.6 Å². The van der Waals surface area contributed by atoms with Gasteiger partial charge in [0.05, 0.1) is 17.8 Å². The van der Waals surface area contributed by atoms with E-state index >= 15 is 0 Å². The van der Waals surface area contributed by atoms with Crippen LogP contribution in [0.25, 0.3) is 0 Å². The Bertz CT molecular complexity index is 828. The summed E-state index contributed by atoms with van der Waals surface area (Å²) in [5.74, 6) is -3.85. The van der Waals surface area contributed by atoms with E-state index in [2.05, 4.69) is 10.9 Å². The van der Waals surface area contributed by atoms with Crippen molar-refractivity contribution >= 4 is 23.6 Å². The number of rotatable bonds is 4. The number of imide groups is 1. The Hall–Kier alpha value is -2.97. The molecule has 3 rings (SSSR count). The maximum Gasteiger partial charge on any atom is 0.279 e. The molecule has 1 aromatic rings. The molecule has 1 aliphatic carbocycles. The molecule has 9 heteroatoms. The Balaban J connectivity index is 1.60. The molecule has 8 nitrogen and oxygen atoms in total. The molecule has 1 saturated heterocycles. The van der Waals surface area contributed by atoms with Gasteiger partial charge < -0.3 is 4.74 Å². The van der Waals surface area contributed by atoms with Crippen LogP contribution in [0.15, 0.2) is 24.3 Å². The van der Waals surface area contributed by atoms with Crippen LogP contribution in [-0.2, 0) is 19.2 Å². The molecule has 156 valence electrons. The third kappa shape index (κ3) is 4.08. The number of carbonyl (C=O) groups excluding carboxylic acids is 4. The molecule has 29 heavy (non-hydrogen) atoms. The van der Waals surface area contributed by atoms with Crippen LogP contribution in [0, 0.1) is 29.5 Å². The van der Waals surface area contributed by atoms with Crippen molar-refractivity contribution in [3.63, 3.8) is 0 Å². The maximum absolute atomic E-state index is 12.9. The average molecular weight is 405 g/mol. The van der Waals surface area contributed by atoms with Gasteiger partial charge in [0.1, 0.15) is 11.6 Å². The fourth-order valence-corrected chi connectivity index (χ4v) is 4.09. The highest BCUT2D eigenvalue weighted by atomic mass is 19.1. The Morgan fingerprint density at radius 3 is 2.45 bits per heavy atom. The van der Waals surface area contributed by atoms with Gasteiger partial charge in [-0.25, -0.2) is 4.39 Å². The number of hydrazine groups is 1. The second-order valence-electron chi connectivity index (χ2n) is 7.64. The molecule has 5 atom stereocenters. The van der Waals surface area contributed by atoms with E-state index in [-0.39, 0.29) is 17.7 Å². The number of hydrogen-bond donors (Lipinski definition) is 2.